The van der Waals surface area contributed by atoms with E-state index in [-0.39, 0.29) is 6.09 Å². The van der Waals surface area contributed by atoms with Crippen molar-refractivity contribution in [1.29, 1.82) is 0 Å². The van der Waals surface area contributed by atoms with Crippen LogP contribution < -0.4 is 0 Å². The minimum absolute atomic E-state index is 0.175. The van der Waals surface area contributed by atoms with Crippen LogP contribution in [0, 0.1) is 17.8 Å². The lowest BCUT2D eigenvalue weighted by Gasteiger charge is -2.33. The molecule has 1 saturated carbocycles. The first-order valence-corrected chi connectivity index (χ1v) is 7.48. The number of rotatable bonds is 3. The number of likely N-dealkylation sites (tertiary alicyclic amines) is 1. The van der Waals surface area contributed by atoms with Crippen molar-refractivity contribution in [3.05, 3.63) is 0 Å². The van der Waals surface area contributed by atoms with E-state index in [0.29, 0.717) is 12.5 Å². The summed E-state index contributed by atoms with van der Waals surface area (Å²) in [5, 5.41) is 9.06. The van der Waals surface area contributed by atoms with E-state index in [0.717, 1.165) is 37.8 Å². The van der Waals surface area contributed by atoms with Crippen LogP contribution in [0.5, 0.6) is 0 Å². The Morgan fingerprint density at radius 3 is 2.37 bits per heavy atom. The molecule has 0 aromatic rings. The molecule has 0 unspecified atom stereocenters. The van der Waals surface area contributed by atoms with Gasteiger partial charge < -0.3 is 14.7 Å². The third kappa shape index (κ3) is 4.37. The zero-order valence-corrected chi connectivity index (χ0v) is 12.4. The van der Waals surface area contributed by atoms with Gasteiger partial charge in [-0.25, -0.2) is 4.79 Å². The maximum absolute atomic E-state index is 11.9. The predicted molar refractivity (Wildman–Crippen MR) is 73.8 cm³/mol. The lowest BCUT2D eigenvalue weighted by molar-refractivity contribution is 0.0179. The third-order valence-electron chi connectivity index (χ3n) is 4.21. The van der Waals surface area contributed by atoms with Crippen molar-refractivity contribution in [2.75, 3.05) is 19.7 Å². The molecular weight excluding hydrogens is 242 g/mol. The normalized spacial score (nSPS) is 28.3. The number of carbonyl (C=O) groups is 1. The van der Waals surface area contributed by atoms with Crippen LogP contribution in [0.1, 0.15) is 46.5 Å². The minimum atomic E-state index is -0.406. The van der Waals surface area contributed by atoms with Gasteiger partial charge in [-0.3, -0.25) is 0 Å². The topological polar surface area (TPSA) is 49.8 Å². The van der Waals surface area contributed by atoms with E-state index in [1.807, 2.05) is 25.7 Å². The molecule has 2 aliphatic rings. The second-order valence-corrected chi connectivity index (χ2v) is 7.08. The fourth-order valence-corrected chi connectivity index (χ4v) is 2.93. The zero-order chi connectivity index (χ0) is 14.0. The number of piperidine rings is 1. The number of hydrogen-bond donors (Lipinski definition) is 1. The van der Waals surface area contributed by atoms with Gasteiger partial charge in [-0.2, -0.15) is 0 Å². The molecule has 0 bridgehead atoms. The third-order valence-corrected chi connectivity index (χ3v) is 4.21. The zero-order valence-electron chi connectivity index (χ0n) is 12.4. The van der Waals surface area contributed by atoms with Crippen molar-refractivity contribution in [3.8, 4) is 0 Å². The largest absolute Gasteiger partial charge is 0.444 e. The molecular formula is C15H27NO3. The molecule has 1 N–H and O–H groups in total. The fourth-order valence-electron chi connectivity index (χ4n) is 2.93. The molecule has 110 valence electrons. The van der Waals surface area contributed by atoms with Crippen molar-refractivity contribution < 1.29 is 14.6 Å². The van der Waals surface area contributed by atoms with Gasteiger partial charge in [0.05, 0.1) is 0 Å². The van der Waals surface area contributed by atoms with Gasteiger partial charge in [0.15, 0.2) is 0 Å². The van der Waals surface area contributed by atoms with Crippen LogP contribution in [-0.4, -0.2) is 41.4 Å². The number of aliphatic hydroxyl groups is 1. The van der Waals surface area contributed by atoms with E-state index in [1.54, 1.807) is 0 Å². The Morgan fingerprint density at radius 1 is 1.26 bits per heavy atom. The van der Waals surface area contributed by atoms with Gasteiger partial charge in [-0.05, 0) is 64.2 Å². The van der Waals surface area contributed by atoms with E-state index in [1.165, 1.54) is 12.8 Å². The molecule has 0 aromatic heterocycles. The Labute approximate surface area is 116 Å². The number of hydrogen-bond acceptors (Lipinski definition) is 3. The van der Waals surface area contributed by atoms with Gasteiger partial charge in [0.2, 0.25) is 0 Å². The molecule has 0 spiro atoms. The van der Waals surface area contributed by atoms with Crippen molar-refractivity contribution >= 4 is 6.09 Å². The quantitative estimate of drug-likeness (QED) is 0.857. The van der Waals surface area contributed by atoms with E-state index in [4.69, 9.17) is 9.84 Å². The second kappa shape index (κ2) is 5.70. The molecule has 1 aliphatic carbocycles. The Bertz CT molecular complexity index is 316. The second-order valence-electron chi connectivity index (χ2n) is 7.08. The fraction of sp³-hybridized carbons (Fsp3) is 0.933. The van der Waals surface area contributed by atoms with Crippen molar-refractivity contribution in [1.82, 2.24) is 4.90 Å². The van der Waals surface area contributed by atoms with Crippen molar-refractivity contribution in [3.63, 3.8) is 0 Å². The van der Waals surface area contributed by atoms with Gasteiger partial charge >= 0.3 is 6.09 Å². The highest BCUT2D eigenvalue weighted by Crippen LogP contribution is 2.44. The average Bonchev–Trinajstić information content (AvgIpc) is 3.06. The molecule has 4 heteroatoms. The lowest BCUT2D eigenvalue weighted by atomic mass is 9.91. The molecule has 2 atom stereocenters. The number of ether oxygens (including phenoxy) is 1. The van der Waals surface area contributed by atoms with Crippen LogP contribution >= 0.6 is 0 Å². The maximum atomic E-state index is 11.9. The monoisotopic (exact) mass is 269 g/mol. The van der Waals surface area contributed by atoms with Crippen LogP contribution in [0.15, 0.2) is 0 Å². The SMILES string of the molecule is CC(C)(C)OC(=O)N1CCC(C[C@H]2C[C@H]2CO)CC1. The summed E-state index contributed by atoms with van der Waals surface area (Å²) in [5.41, 5.74) is -0.406. The van der Waals surface area contributed by atoms with E-state index >= 15 is 0 Å². The van der Waals surface area contributed by atoms with Gasteiger partial charge in [-0.15, -0.1) is 0 Å². The molecule has 1 saturated heterocycles. The molecule has 4 nitrogen and oxygen atoms in total. The van der Waals surface area contributed by atoms with E-state index in [2.05, 4.69) is 0 Å². The van der Waals surface area contributed by atoms with Crippen molar-refractivity contribution in [2.24, 2.45) is 17.8 Å². The highest BCUT2D eigenvalue weighted by atomic mass is 16.6. The van der Waals surface area contributed by atoms with E-state index in [9.17, 15) is 4.79 Å². The summed E-state index contributed by atoms with van der Waals surface area (Å²) in [6, 6.07) is 0. The number of aliphatic hydroxyl groups excluding tert-OH is 1. The van der Waals surface area contributed by atoms with Crippen LogP contribution in [0.4, 0.5) is 4.79 Å². The molecule has 0 aromatic carbocycles. The molecule has 2 fully saturated rings. The van der Waals surface area contributed by atoms with Crippen molar-refractivity contribution in [2.45, 2.75) is 52.1 Å². The summed E-state index contributed by atoms with van der Waals surface area (Å²) in [7, 11) is 0. The van der Waals surface area contributed by atoms with Crippen LogP contribution in [-0.2, 0) is 4.74 Å². The number of amides is 1. The standard InChI is InChI=1S/C15H27NO3/c1-15(2,3)19-14(18)16-6-4-11(5-7-16)8-12-9-13(12)10-17/h11-13,17H,4-10H2,1-3H3/t12-,13-/m0/s1. The Balaban J connectivity index is 1.69. The predicted octanol–water partition coefficient (Wildman–Crippen LogP) is 2.65. The van der Waals surface area contributed by atoms with E-state index < -0.39 is 5.60 Å². The van der Waals surface area contributed by atoms with Gasteiger partial charge in [0.1, 0.15) is 5.60 Å². The molecule has 1 heterocycles. The Morgan fingerprint density at radius 2 is 1.89 bits per heavy atom. The minimum Gasteiger partial charge on any atom is -0.444 e. The van der Waals surface area contributed by atoms with Crippen LogP contribution in [0.3, 0.4) is 0 Å². The van der Waals surface area contributed by atoms with Gasteiger partial charge in [0, 0.05) is 19.7 Å². The van der Waals surface area contributed by atoms with Gasteiger partial charge in [0.25, 0.3) is 0 Å². The molecule has 19 heavy (non-hydrogen) atoms. The summed E-state index contributed by atoms with van der Waals surface area (Å²) < 4.78 is 5.39. The van der Waals surface area contributed by atoms with Gasteiger partial charge in [-0.1, -0.05) is 0 Å². The molecule has 0 radical (unpaired) electrons. The first-order valence-electron chi connectivity index (χ1n) is 7.48. The maximum Gasteiger partial charge on any atom is 0.410 e. The van der Waals surface area contributed by atoms with Crippen LogP contribution in [0.2, 0.25) is 0 Å². The summed E-state index contributed by atoms with van der Waals surface area (Å²) >= 11 is 0. The number of nitrogens with zero attached hydrogens (tertiary/aromatic N) is 1. The summed E-state index contributed by atoms with van der Waals surface area (Å²) in [4.78, 5) is 13.8. The summed E-state index contributed by atoms with van der Waals surface area (Å²) in [5.74, 6) is 2.02. The first-order chi connectivity index (χ1) is 8.89. The Hall–Kier alpha value is -0.770. The summed E-state index contributed by atoms with van der Waals surface area (Å²) in [6.45, 7) is 7.69. The number of carbonyl (C=O) groups excluding carboxylic acids is 1. The highest BCUT2D eigenvalue weighted by Gasteiger charge is 2.38. The molecule has 2 rings (SSSR count). The van der Waals surface area contributed by atoms with Crippen LogP contribution in [0.25, 0.3) is 0 Å². The first kappa shape index (κ1) is 14.6. The lowest BCUT2D eigenvalue weighted by Crippen LogP contribution is -2.41. The smallest absolute Gasteiger partial charge is 0.410 e. The Kier molecular flexibility index (Phi) is 4.39. The summed E-state index contributed by atoms with van der Waals surface area (Å²) in [6.07, 6.45) is 4.41. The average molecular weight is 269 g/mol. The molecule has 1 aliphatic heterocycles. The highest BCUT2D eigenvalue weighted by molar-refractivity contribution is 5.68. The molecule has 1 amide bonds.